The summed E-state index contributed by atoms with van der Waals surface area (Å²) in [5.74, 6) is 1.95. The minimum absolute atomic E-state index is 0. The van der Waals surface area contributed by atoms with Crippen LogP contribution >= 0.6 is 0 Å². The van der Waals surface area contributed by atoms with Gasteiger partial charge in [-0.1, -0.05) is 229 Å². The Kier molecular flexibility index (Phi) is 22.5. The second-order valence-electron chi connectivity index (χ2n) is 28.4. The predicted molar refractivity (Wildman–Crippen MR) is 310 cm³/mol. The van der Waals surface area contributed by atoms with E-state index in [0.29, 0.717) is 0 Å². The van der Waals surface area contributed by atoms with Crippen molar-refractivity contribution >= 4 is 23.1 Å². The zero-order valence-electron chi connectivity index (χ0n) is 51.9. The molecule has 4 aromatic rings. The van der Waals surface area contributed by atoms with Gasteiger partial charge in [0.2, 0.25) is 0 Å². The van der Waals surface area contributed by atoms with E-state index >= 15 is 0 Å². The number of methoxy groups -OCH3 is 2. The molecule has 0 amide bonds. The molecular weight excluding hydrogens is 897 g/mol. The molecule has 0 radical (unpaired) electrons. The van der Waals surface area contributed by atoms with Crippen LogP contribution in [-0.2, 0) is 48.1 Å². The van der Waals surface area contributed by atoms with Gasteiger partial charge in [0.1, 0.15) is 11.5 Å². The first-order valence-electron chi connectivity index (χ1n) is 26.6. The Hall–Kier alpha value is -3.19. The zero-order chi connectivity index (χ0) is 55.6. The molecule has 72 heavy (non-hydrogen) atoms. The predicted octanol–water partition coefficient (Wildman–Crippen LogP) is 16.9. The van der Waals surface area contributed by atoms with Crippen LogP contribution in [0.2, 0.25) is 0 Å². The van der Waals surface area contributed by atoms with Crippen LogP contribution in [0.5, 0.6) is 23.0 Å². The van der Waals surface area contributed by atoms with Gasteiger partial charge in [-0.2, -0.15) is 0 Å². The van der Waals surface area contributed by atoms with Crippen LogP contribution in [0.1, 0.15) is 272 Å². The first-order valence-corrected chi connectivity index (χ1v) is 26.6. The van der Waals surface area contributed by atoms with E-state index < -0.39 is 0 Å². The van der Waals surface area contributed by atoms with E-state index in [1.807, 2.05) is 13.8 Å². The number of hydrogen-bond donors (Lipinski definition) is 0. The minimum atomic E-state index is -0.222. The minimum Gasteiger partial charge on any atom is -0.872 e. The van der Waals surface area contributed by atoms with Gasteiger partial charge in [0.25, 0.3) is 0 Å². The van der Waals surface area contributed by atoms with E-state index in [4.69, 9.17) is 14.2 Å². The molecule has 0 aliphatic heterocycles. The molecule has 0 saturated carbocycles. The topological polar surface area (TPSA) is 73.8 Å². The molecule has 0 aliphatic rings. The molecule has 400 valence electrons. The Morgan fingerprint density at radius 1 is 0.347 bits per heavy atom. The molecule has 2 atom stereocenters. The van der Waals surface area contributed by atoms with Crippen molar-refractivity contribution in [3.8, 4) is 23.0 Å². The molecule has 0 saturated heterocycles. The van der Waals surface area contributed by atoms with Gasteiger partial charge in [-0.05, 0) is 102 Å². The smallest absolute Gasteiger partial charge is 0.872 e. The molecule has 0 bridgehead atoms. The van der Waals surface area contributed by atoms with Crippen molar-refractivity contribution in [1.29, 1.82) is 0 Å². The zero-order valence-corrected chi connectivity index (χ0v) is 53.4. The van der Waals surface area contributed by atoms with Crippen LogP contribution in [-0.4, -0.2) is 50.5 Å². The fourth-order valence-electron chi connectivity index (χ4n) is 8.85. The van der Waals surface area contributed by atoms with Crippen molar-refractivity contribution < 1.29 is 24.4 Å². The molecule has 6 heteroatoms. The van der Waals surface area contributed by atoms with Crippen molar-refractivity contribution in [3.63, 3.8) is 0 Å². The van der Waals surface area contributed by atoms with Crippen molar-refractivity contribution in [2.24, 2.45) is 0 Å². The third-order valence-electron chi connectivity index (χ3n) is 13.8. The summed E-state index contributed by atoms with van der Waals surface area (Å²) in [5, 5.41) is 27.7. The summed E-state index contributed by atoms with van der Waals surface area (Å²) in [5.41, 5.74) is 12.3. The summed E-state index contributed by atoms with van der Waals surface area (Å²) >= 11 is 0. The van der Waals surface area contributed by atoms with Crippen LogP contribution in [0.3, 0.4) is 0 Å². The molecule has 0 aromatic heterocycles. The summed E-state index contributed by atoms with van der Waals surface area (Å²) in [7, 11) is 3.50. The normalized spacial score (nSPS) is 13.8. The molecule has 0 spiro atoms. The molecule has 5 nitrogen and oxygen atoms in total. The number of ether oxygens (including phenoxy) is 3. The summed E-state index contributed by atoms with van der Waals surface area (Å²) in [4.78, 5) is 0. The van der Waals surface area contributed by atoms with Gasteiger partial charge in [0.15, 0.2) is 0 Å². The Morgan fingerprint density at radius 2 is 0.556 bits per heavy atom. The van der Waals surface area contributed by atoms with Gasteiger partial charge in [-0.25, -0.2) is 0 Å². The first-order chi connectivity index (χ1) is 31.8. The second kappa shape index (κ2) is 24.2. The Morgan fingerprint density at radius 3 is 0.722 bits per heavy atom. The Labute approximate surface area is 459 Å². The van der Waals surface area contributed by atoms with E-state index in [1.54, 1.807) is 14.2 Å². The molecular formula is C66H104MgO5. The number of hydrogen-bond acceptors (Lipinski definition) is 5. The molecule has 4 aromatic carbocycles. The second-order valence-corrected chi connectivity index (χ2v) is 28.4. The van der Waals surface area contributed by atoms with Crippen LogP contribution in [0.15, 0.2) is 48.5 Å². The van der Waals surface area contributed by atoms with Crippen molar-refractivity contribution in [3.05, 3.63) is 115 Å². The average molecular weight is 1000 g/mol. The Bertz CT molecular complexity index is 2230. The van der Waals surface area contributed by atoms with Crippen molar-refractivity contribution in [2.75, 3.05) is 27.4 Å². The van der Waals surface area contributed by atoms with Gasteiger partial charge < -0.3 is 24.4 Å². The maximum Gasteiger partial charge on any atom is 2.00 e. The largest absolute Gasteiger partial charge is 2.00 e. The molecule has 4 rings (SSSR count). The first kappa shape index (κ1) is 66.8. The fourth-order valence-corrected chi connectivity index (χ4v) is 8.85. The van der Waals surface area contributed by atoms with Gasteiger partial charge in [0, 0.05) is 47.3 Å². The van der Waals surface area contributed by atoms with E-state index in [0.717, 1.165) is 58.1 Å². The third kappa shape index (κ3) is 16.9. The monoisotopic (exact) mass is 1000 g/mol. The summed E-state index contributed by atoms with van der Waals surface area (Å²) < 4.78 is 16.9. The van der Waals surface area contributed by atoms with Gasteiger partial charge in [0.05, 0.1) is 14.2 Å². The molecule has 0 aliphatic carbocycles. The average Bonchev–Trinajstić information content (AvgIpc) is 3.20. The van der Waals surface area contributed by atoms with E-state index in [9.17, 15) is 10.2 Å². The fraction of sp³-hybridized carbons (Fsp3) is 0.636. The van der Waals surface area contributed by atoms with E-state index in [1.165, 1.54) is 33.4 Å². The van der Waals surface area contributed by atoms with Crippen LogP contribution in [0, 0.1) is 0 Å². The van der Waals surface area contributed by atoms with Crippen LogP contribution in [0.25, 0.3) is 0 Å². The number of benzene rings is 4. The van der Waals surface area contributed by atoms with Gasteiger partial charge in [-0.15, -0.1) is 11.5 Å². The number of rotatable bonds is 8. The van der Waals surface area contributed by atoms with Crippen molar-refractivity contribution in [1.82, 2.24) is 0 Å². The molecule has 0 N–H and O–H groups in total. The quantitative estimate of drug-likeness (QED) is 0.164. The summed E-state index contributed by atoms with van der Waals surface area (Å²) in [6.07, 6.45) is 0. The summed E-state index contributed by atoms with van der Waals surface area (Å²) in [6, 6.07) is 17.6. The molecule has 0 unspecified atom stereocenters. The maximum absolute atomic E-state index is 13.8. The Balaban J connectivity index is 0.000000649. The molecule has 0 fully saturated rings. The maximum atomic E-state index is 13.8. The van der Waals surface area contributed by atoms with Crippen molar-refractivity contribution in [2.45, 2.75) is 249 Å². The van der Waals surface area contributed by atoms with Gasteiger partial charge in [-0.3, -0.25) is 0 Å². The van der Waals surface area contributed by atoms with Crippen LogP contribution in [0.4, 0.5) is 0 Å². The summed E-state index contributed by atoms with van der Waals surface area (Å²) in [6.45, 7) is 62.8. The van der Waals surface area contributed by atoms with E-state index in [2.05, 4.69) is 229 Å². The van der Waals surface area contributed by atoms with Crippen LogP contribution < -0.4 is 19.7 Å². The molecule has 0 heterocycles. The van der Waals surface area contributed by atoms with Gasteiger partial charge >= 0.3 is 23.1 Å². The SMILES string of the molecule is CCOCC.COc1c([C@@H](C)c2cc(C(C)(C)C)cc(C(C)(C)C)c2[O-])cc(C(C)(C)C)cc1C(C)(C)C.COc1c([C@@H](C)c2cc(C(C)(C)C)cc(C(C)(C)C)c2[O-])cc(C(C)(C)C)cc1C(C)(C)C.[Mg+2]. The third-order valence-corrected chi connectivity index (χ3v) is 13.8. The standard InChI is InChI=1S/2C31H48O2.C4H10O.Mg/c2*1-19(22-15-20(28(2,3)4)17-24(26(22)32)30(8,9)10)23-16-21(29(5,6)7)18-25(27(23)33-14)31(11,12)13;1-3-5-4-2;/h2*15-19,32H,1-14H3;3-4H2,1-2H3;/q;;;+2/p-2/t2*19-;;/m00../s1. The van der Waals surface area contributed by atoms with E-state index in [-0.39, 0.29) is 89.7 Å².